The van der Waals surface area contributed by atoms with Crippen LogP contribution in [0.2, 0.25) is 0 Å². The van der Waals surface area contributed by atoms with Gasteiger partial charge in [0.25, 0.3) is 0 Å². The second-order valence-electron chi connectivity index (χ2n) is 4.37. The van der Waals surface area contributed by atoms with E-state index in [-0.39, 0.29) is 0 Å². The minimum Gasteiger partial charge on any atom is -0.423 e. The Morgan fingerprint density at radius 1 is 1.10 bits per heavy atom. The monoisotopic (exact) mass is 266 g/mol. The molecule has 0 saturated carbocycles. The van der Waals surface area contributed by atoms with Crippen molar-refractivity contribution in [3.63, 3.8) is 0 Å². The van der Waals surface area contributed by atoms with Gasteiger partial charge in [0.05, 0.1) is 0 Å². The fourth-order valence-corrected chi connectivity index (χ4v) is 1.83. The van der Waals surface area contributed by atoms with Crippen LogP contribution < -0.4 is 4.74 Å². The van der Waals surface area contributed by atoms with Gasteiger partial charge >= 0.3 is 5.97 Å². The summed E-state index contributed by atoms with van der Waals surface area (Å²) in [6.07, 6.45) is 0.750. The van der Waals surface area contributed by atoms with Gasteiger partial charge in [0.2, 0.25) is 0 Å². The summed E-state index contributed by atoms with van der Waals surface area (Å²) < 4.78 is 5.31. The summed E-state index contributed by atoms with van der Waals surface area (Å²) >= 11 is 0. The average molecular weight is 266 g/mol. The maximum atomic E-state index is 11.7. The molecule has 3 heteroatoms. The van der Waals surface area contributed by atoms with Crippen molar-refractivity contribution < 1.29 is 14.3 Å². The van der Waals surface area contributed by atoms with Crippen molar-refractivity contribution in [2.24, 2.45) is 0 Å². The van der Waals surface area contributed by atoms with Crippen molar-refractivity contribution in [3.8, 4) is 16.9 Å². The number of ether oxygens (including phenoxy) is 1. The predicted octanol–water partition coefficient (Wildman–Crippen LogP) is 3.65. The molecule has 0 aliphatic rings. The normalized spacial score (nSPS) is 9.85. The smallest absolute Gasteiger partial charge is 0.338 e. The van der Waals surface area contributed by atoms with E-state index in [9.17, 15) is 9.59 Å². The van der Waals surface area contributed by atoms with Crippen LogP contribution in [0.3, 0.4) is 0 Å². The highest BCUT2D eigenvalue weighted by Gasteiger charge is 2.14. The third kappa shape index (κ3) is 2.83. The van der Waals surface area contributed by atoms with Crippen LogP contribution in [-0.2, 0) is 4.79 Å². The number of carbonyl (C=O) groups is 2. The summed E-state index contributed by atoms with van der Waals surface area (Å²) in [5.41, 5.74) is 2.21. The molecule has 3 nitrogen and oxygen atoms in total. The van der Waals surface area contributed by atoms with E-state index >= 15 is 0 Å². The van der Waals surface area contributed by atoms with Crippen LogP contribution in [0.5, 0.6) is 5.75 Å². The molecule has 0 atom stereocenters. The van der Waals surface area contributed by atoms with E-state index in [2.05, 4.69) is 6.58 Å². The van der Waals surface area contributed by atoms with Crippen molar-refractivity contribution in [3.05, 3.63) is 66.2 Å². The maximum absolute atomic E-state index is 11.7. The Bertz CT molecular complexity index is 657. The first kappa shape index (κ1) is 13.7. The third-order valence-corrected chi connectivity index (χ3v) is 2.80. The van der Waals surface area contributed by atoms with E-state index in [1.54, 1.807) is 25.1 Å². The topological polar surface area (TPSA) is 43.4 Å². The lowest BCUT2D eigenvalue weighted by molar-refractivity contribution is -0.130. The van der Waals surface area contributed by atoms with Crippen molar-refractivity contribution in [2.75, 3.05) is 0 Å². The van der Waals surface area contributed by atoms with Crippen LogP contribution in [0.15, 0.2) is 60.7 Å². The molecule has 0 radical (unpaired) electrons. The molecule has 2 aromatic carbocycles. The lowest BCUT2D eigenvalue weighted by Crippen LogP contribution is -2.09. The lowest BCUT2D eigenvalue weighted by atomic mass is 9.99. The zero-order chi connectivity index (χ0) is 14.5. The van der Waals surface area contributed by atoms with Gasteiger partial charge in [0.1, 0.15) is 5.75 Å². The Morgan fingerprint density at radius 3 is 2.40 bits per heavy atom. The first-order valence-corrected chi connectivity index (χ1v) is 6.15. The van der Waals surface area contributed by atoms with Gasteiger partial charge in [0.15, 0.2) is 6.29 Å². The molecular formula is C17H14O3. The molecule has 0 N–H and O–H groups in total. The van der Waals surface area contributed by atoms with Gasteiger partial charge in [0, 0.05) is 16.7 Å². The summed E-state index contributed by atoms with van der Waals surface area (Å²) in [4.78, 5) is 22.9. The van der Waals surface area contributed by atoms with Crippen molar-refractivity contribution in [1.82, 2.24) is 0 Å². The average Bonchev–Trinajstić information content (AvgIpc) is 2.47. The number of hydrogen-bond donors (Lipinski definition) is 0. The Kier molecular flexibility index (Phi) is 4.11. The minimum atomic E-state index is -0.509. The molecule has 20 heavy (non-hydrogen) atoms. The lowest BCUT2D eigenvalue weighted by Gasteiger charge is -2.12. The molecule has 100 valence electrons. The van der Waals surface area contributed by atoms with Gasteiger partial charge in [-0.2, -0.15) is 0 Å². The number of benzene rings is 2. The zero-order valence-electron chi connectivity index (χ0n) is 11.1. The Balaban J connectivity index is 2.55. The molecule has 2 aromatic rings. The van der Waals surface area contributed by atoms with Crippen molar-refractivity contribution >= 4 is 12.3 Å². The highest BCUT2D eigenvalue weighted by atomic mass is 16.5. The number of hydrogen-bond acceptors (Lipinski definition) is 3. The SMILES string of the molecule is C=C(C)C(=O)Oc1cccc(C=O)c1-c1ccccc1. The van der Waals surface area contributed by atoms with Gasteiger partial charge in [-0.1, -0.05) is 49.0 Å². The first-order chi connectivity index (χ1) is 9.63. The minimum absolute atomic E-state index is 0.306. The number of rotatable bonds is 4. The Labute approximate surface area is 117 Å². The van der Waals surface area contributed by atoms with E-state index in [4.69, 9.17) is 4.74 Å². The molecular weight excluding hydrogens is 252 g/mol. The predicted molar refractivity (Wildman–Crippen MR) is 77.7 cm³/mol. The number of esters is 1. The van der Waals surface area contributed by atoms with E-state index in [0.29, 0.717) is 22.4 Å². The zero-order valence-corrected chi connectivity index (χ0v) is 11.1. The van der Waals surface area contributed by atoms with Gasteiger partial charge in [-0.3, -0.25) is 4.79 Å². The van der Waals surface area contributed by atoms with Gasteiger partial charge in [-0.05, 0) is 18.6 Å². The Hall–Kier alpha value is -2.68. The first-order valence-electron chi connectivity index (χ1n) is 6.15. The Morgan fingerprint density at radius 2 is 1.80 bits per heavy atom. The molecule has 0 heterocycles. The summed E-state index contributed by atoms with van der Waals surface area (Å²) in [5.74, 6) is -0.154. The molecule has 0 aliphatic carbocycles. The van der Waals surface area contributed by atoms with Crippen LogP contribution in [-0.4, -0.2) is 12.3 Å². The second-order valence-corrected chi connectivity index (χ2v) is 4.37. The fraction of sp³-hybridized carbons (Fsp3) is 0.0588. The molecule has 2 rings (SSSR count). The van der Waals surface area contributed by atoms with Crippen LogP contribution in [0.1, 0.15) is 17.3 Å². The van der Waals surface area contributed by atoms with E-state index in [1.807, 2.05) is 30.3 Å². The quantitative estimate of drug-likeness (QED) is 0.367. The van der Waals surface area contributed by atoms with E-state index in [0.717, 1.165) is 11.8 Å². The van der Waals surface area contributed by atoms with Crippen LogP contribution in [0, 0.1) is 0 Å². The van der Waals surface area contributed by atoms with Gasteiger partial charge in [-0.15, -0.1) is 0 Å². The summed E-state index contributed by atoms with van der Waals surface area (Å²) in [6, 6.07) is 14.4. The molecule has 0 unspecified atom stereocenters. The summed E-state index contributed by atoms with van der Waals surface area (Å²) in [5, 5.41) is 0. The van der Waals surface area contributed by atoms with E-state index in [1.165, 1.54) is 0 Å². The highest BCUT2D eigenvalue weighted by molar-refractivity contribution is 5.94. The van der Waals surface area contributed by atoms with Crippen molar-refractivity contribution in [1.29, 1.82) is 0 Å². The third-order valence-electron chi connectivity index (χ3n) is 2.80. The molecule has 0 amide bonds. The molecule has 0 bridgehead atoms. The number of carbonyl (C=O) groups excluding carboxylic acids is 2. The second kappa shape index (κ2) is 5.97. The standard InChI is InChI=1S/C17H14O3/c1-12(2)17(19)20-15-10-6-9-14(11-18)16(15)13-7-4-3-5-8-13/h3-11H,1H2,2H3. The van der Waals surface area contributed by atoms with Crippen LogP contribution >= 0.6 is 0 Å². The van der Waals surface area contributed by atoms with Gasteiger partial charge < -0.3 is 4.74 Å². The largest absolute Gasteiger partial charge is 0.423 e. The molecule has 0 aromatic heterocycles. The molecule has 0 spiro atoms. The molecule has 0 fully saturated rings. The fourth-order valence-electron chi connectivity index (χ4n) is 1.83. The number of aldehydes is 1. The molecule has 0 aliphatic heterocycles. The van der Waals surface area contributed by atoms with Crippen molar-refractivity contribution in [2.45, 2.75) is 6.92 Å². The van der Waals surface area contributed by atoms with Crippen LogP contribution in [0.4, 0.5) is 0 Å². The highest BCUT2D eigenvalue weighted by Crippen LogP contribution is 2.33. The van der Waals surface area contributed by atoms with E-state index < -0.39 is 5.97 Å². The van der Waals surface area contributed by atoms with Crippen LogP contribution in [0.25, 0.3) is 11.1 Å². The summed E-state index contributed by atoms with van der Waals surface area (Å²) in [6.45, 7) is 5.13. The molecule has 0 saturated heterocycles. The summed E-state index contributed by atoms with van der Waals surface area (Å²) in [7, 11) is 0. The maximum Gasteiger partial charge on any atom is 0.338 e. The van der Waals surface area contributed by atoms with Gasteiger partial charge in [-0.25, -0.2) is 4.79 Å².